The van der Waals surface area contributed by atoms with Gasteiger partial charge in [-0.1, -0.05) is 30.3 Å². The van der Waals surface area contributed by atoms with Gasteiger partial charge in [0.05, 0.1) is 7.11 Å². The summed E-state index contributed by atoms with van der Waals surface area (Å²) in [5, 5.41) is 3.49. The SMILES string of the molecule is COC(=O)CCC1CC(NCc2ccccc2)CN(C(N)=O)C1. The van der Waals surface area contributed by atoms with Crippen molar-refractivity contribution in [1.29, 1.82) is 0 Å². The Kier molecular flexibility index (Phi) is 6.40. The maximum Gasteiger partial charge on any atom is 0.314 e. The molecule has 0 spiro atoms. The minimum atomic E-state index is -0.403. The lowest BCUT2D eigenvalue weighted by molar-refractivity contribution is -0.141. The molecule has 1 fully saturated rings. The highest BCUT2D eigenvalue weighted by atomic mass is 16.5. The molecule has 2 unspecified atom stereocenters. The first kappa shape index (κ1) is 17.3. The normalized spacial score (nSPS) is 21.0. The summed E-state index contributed by atoms with van der Waals surface area (Å²) in [7, 11) is 1.39. The number of likely N-dealkylation sites (tertiary alicyclic amines) is 1. The average Bonchev–Trinajstić information content (AvgIpc) is 2.58. The number of esters is 1. The van der Waals surface area contributed by atoms with Crippen LogP contribution in [0, 0.1) is 5.92 Å². The van der Waals surface area contributed by atoms with Gasteiger partial charge in [0.25, 0.3) is 0 Å². The van der Waals surface area contributed by atoms with Crippen molar-refractivity contribution in [1.82, 2.24) is 10.2 Å². The monoisotopic (exact) mass is 319 g/mol. The van der Waals surface area contributed by atoms with E-state index >= 15 is 0 Å². The summed E-state index contributed by atoms with van der Waals surface area (Å²) in [5.41, 5.74) is 6.65. The van der Waals surface area contributed by atoms with Crippen LogP contribution >= 0.6 is 0 Å². The third kappa shape index (κ3) is 5.56. The van der Waals surface area contributed by atoms with Crippen LogP contribution in [0.25, 0.3) is 0 Å². The lowest BCUT2D eigenvalue weighted by atomic mass is 9.90. The number of nitrogens with two attached hydrogens (primary N) is 1. The van der Waals surface area contributed by atoms with E-state index in [-0.39, 0.29) is 17.9 Å². The van der Waals surface area contributed by atoms with Crippen LogP contribution in [-0.2, 0) is 16.1 Å². The van der Waals surface area contributed by atoms with Crippen molar-refractivity contribution in [3.8, 4) is 0 Å². The molecular weight excluding hydrogens is 294 g/mol. The Morgan fingerprint density at radius 2 is 2.04 bits per heavy atom. The number of benzene rings is 1. The Labute approximate surface area is 137 Å². The average molecular weight is 319 g/mol. The molecule has 0 radical (unpaired) electrons. The number of piperidine rings is 1. The van der Waals surface area contributed by atoms with E-state index in [4.69, 9.17) is 5.73 Å². The van der Waals surface area contributed by atoms with Crippen LogP contribution in [0.2, 0.25) is 0 Å². The summed E-state index contributed by atoms with van der Waals surface area (Å²) in [6, 6.07) is 9.91. The fourth-order valence-corrected chi connectivity index (χ4v) is 3.02. The fourth-order valence-electron chi connectivity index (χ4n) is 3.02. The Morgan fingerprint density at radius 1 is 1.30 bits per heavy atom. The van der Waals surface area contributed by atoms with E-state index in [1.54, 1.807) is 4.90 Å². The van der Waals surface area contributed by atoms with Gasteiger partial charge in [-0.05, 0) is 24.3 Å². The second kappa shape index (κ2) is 8.53. The van der Waals surface area contributed by atoms with Crippen molar-refractivity contribution in [3.05, 3.63) is 35.9 Å². The second-order valence-electron chi connectivity index (χ2n) is 6.02. The molecule has 3 N–H and O–H groups in total. The molecular formula is C17H25N3O3. The number of nitrogens with zero attached hydrogens (tertiary/aromatic N) is 1. The van der Waals surface area contributed by atoms with Crippen molar-refractivity contribution in [2.75, 3.05) is 20.2 Å². The molecule has 0 bridgehead atoms. The third-order valence-corrected chi connectivity index (χ3v) is 4.27. The highest BCUT2D eigenvalue weighted by Gasteiger charge is 2.29. The van der Waals surface area contributed by atoms with Crippen LogP contribution in [0.5, 0.6) is 0 Å². The minimum absolute atomic E-state index is 0.180. The van der Waals surface area contributed by atoms with Gasteiger partial charge in [0.2, 0.25) is 0 Å². The molecule has 1 aliphatic rings. The molecule has 0 aliphatic carbocycles. The van der Waals surface area contributed by atoms with Gasteiger partial charge in [-0.15, -0.1) is 0 Å². The van der Waals surface area contributed by atoms with Crippen molar-refractivity contribution < 1.29 is 14.3 Å². The van der Waals surface area contributed by atoms with E-state index < -0.39 is 6.03 Å². The molecule has 126 valence electrons. The van der Waals surface area contributed by atoms with Crippen LogP contribution in [0.1, 0.15) is 24.8 Å². The number of carbonyl (C=O) groups excluding carboxylic acids is 2. The van der Waals surface area contributed by atoms with Crippen LogP contribution in [0.4, 0.5) is 4.79 Å². The molecule has 2 amide bonds. The van der Waals surface area contributed by atoms with Crippen LogP contribution < -0.4 is 11.1 Å². The maximum atomic E-state index is 11.5. The second-order valence-corrected chi connectivity index (χ2v) is 6.02. The molecule has 6 nitrogen and oxygen atoms in total. The summed E-state index contributed by atoms with van der Waals surface area (Å²) in [6.45, 7) is 1.97. The summed E-state index contributed by atoms with van der Waals surface area (Å²) < 4.78 is 4.69. The number of amides is 2. The van der Waals surface area contributed by atoms with E-state index in [0.29, 0.717) is 25.9 Å². The minimum Gasteiger partial charge on any atom is -0.469 e. The molecule has 0 saturated carbocycles. The molecule has 0 aromatic heterocycles. The lowest BCUT2D eigenvalue weighted by Gasteiger charge is -2.37. The largest absolute Gasteiger partial charge is 0.469 e. The molecule has 1 saturated heterocycles. The van der Waals surface area contributed by atoms with Crippen molar-refractivity contribution in [3.63, 3.8) is 0 Å². The van der Waals surface area contributed by atoms with Crippen molar-refractivity contribution in [2.45, 2.75) is 31.8 Å². The van der Waals surface area contributed by atoms with E-state index in [9.17, 15) is 9.59 Å². The zero-order chi connectivity index (χ0) is 16.7. The number of primary amides is 1. The predicted molar refractivity (Wildman–Crippen MR) is 87.6 cm³/mol. The molecule has 23 heavy (non-hydrogen) atoms. The number of hydrogen-bond donors (Lipinski definition) is 2. The van der Waals surface area contributed by atoms with Gasteiger partial charge in [0.15, 0.2) is 0 Å². The van der Waals surface area contributed by atoms with E-state index in [1.165, 1.54) is 12.7 Å². The van der Waals surface area contributed by atoms with Gasteiger partial charge in [-0.25, -0.2) is 4.79 Å². The molecule has 1 aliphatic heterocycles. The van der Waals surface area contributed by atoms with Crippen LogP contribution in [-0.4, -0.2) is 43.1 Å². The number of ether oxygens (including phenoxy) is 1. The predicted octanol–water partition coefficient (Wildman–Crippen LogP) is 1.50. The molecule has 2 atom stereocenters. The van der Waals surface area contributed by atoms with E-state index in [1.807, 2.05) is 18.2 Å². The summed E-state index contributed by atoms with van der Waals surface area (Å²) in [6.07, 6.45) is 2.01. The quantitative estimate of drug-likeness (QED) is 0.778. The molecule has 1 aromatic rings. The van der Waals surface area contributed by atoms with Crippen molar-refractivity contribution >= 4 is 12.0 Å². The van der Waals surface area contributed by atoms with Gasteiger partial charge >= 0.3 is 12.0 Å². The number of carbonyl (C=O) groups is 2. The lowest BCUT2D eigenvalue weighted by Crippen LogP contribution is -2.52. The van der Waals surface area contributed by atoms with Crippen molar-refractivity contribution in [2.24, 2.45) is 11.7 Å². The first-order chi connectivity index (χ1) is 11.1. The van der Waals surface area contributed by atoms with E-state index in [0.717, 1.165) is 13.0 Å². The van der Waals surface area contributed by atoms with Crippen LogP contribution in [0.3, 0.4) is 0 Å². The Bertz CT molecular complexity index is 521. The Balaban J connectivity index is 1.89. The maximum absolute atomic E-state index is 11.5. The van der Waals surface area contributed by atoms with Crippen LogP contribution in [0.15, 0.2) is 30.3 Å². The molecule has 6 heteroatoms. The smallest absolute Gasteiger partial charge is 0.314 e. The van der Waals surface area contributed by atoms with E-state index in [2.05, 4.69) is 22.2 Å². The van der Waals surface area contributed by atoms with Gasteiger partial charge < -0.3 is 20.7 Å². The Morgan fingerprint density at radius 3 is 2.70 bits per heavy atom. The number of nitrogens with one attached hydrogen (secondary N) is 1. The highest BCUT2D eigenvalue weighted by Crippen LogP contribution is 2.22. The summed E-state index contributed by atoms with van der Waals surface area (Å²) in [4.78, 5) is 24.5. The van der Waals surface area contributed by atoms with Gasteiger partial charge in [-0.2, -0.15) is 0 Å². The van der Waals surface area contributed by atoms with Gasteiger partial charge in [0.1, 0.15) is 0 Å². The summed E-state index contributed by atoms with van der Waals surface area (Å²) in [5.74, 6) is 0.0404. The third-order valence-electron chi connectivity index (χ3n) is 4.27. The van der Waals surface area contributed by atoms with Gasteiger partial charge in [-0.3, -0.25) is 4.79 Å². The fraction of sp³-hybridized carbons (Fsp3) is 0.529. The molecule has 1 heterocycles. The highest BCUT2D eigenvalue weighted by molar-refractivity contribution is 5.72. The zero-order valence-electron chi connectivity index (χ0n) is 13.5. The first-order valence-electron chi connectivity index (χ1n) is 7.97. The topological polar surface area (TPSA) is 84.7 Å². The molecule has 1 aromatic carbocycles. The van der Waals surface area contributed by atoms with Gasteiger partial charge in [0, 0.05) is 32.1 Å². The summed E-state index contributed by atoms with van der Waals surface area (Å²) >= 11 is 0. The number of rotatable bonds is 6. The number of hydrogen-bond acceptors (Lipinski definition) is 4. The number of methoxy groups -OCH3 is 1. The first-order valence-corrected chi connectivity index (χ1v) is 7.97. The Hall–Kier alpha value is -2.08. The zero-order valence-corrected chi connectivity index (χ0v) is 13.5. The standard InChI is InChI=1S/C17H25N3O3/c1-23-16(21)8-7-14-9-15(12-20(11-14)17(18)22)19-10-13-5-3-2-4-6-13/h2-6,14-15,19H,7-12H2,1H3,(H2,18,22). The molecule has 2 rings (SSSR count). The number of urea groups is 1.